The lowest BCUT2D eigenvalue weighted by Gasteiger charge is -2.31. The third-order valence-electron chi connectivity index (χ3n) is 4.60. The van der Waals surface area contributed by atoms with E-state index in [4.69, 9.17) is 0 Å². The van der Waals surface area contributed by atoms with Crippen molar-refractivity contribution in [1.82, 2.24) is 4.90 Å². The largest absolute Gasteiger partial charge is 0.334 e. The molecule has 1 aromatic carbocycles. The first-order valence-electron chi connectivity index (χ1n) is 8.08. The van der Waals surface area contributed by atoms with Crippen LogP contribution in [0.15, 0.2) is 46.0 Å². The van der Waals surface area contributed by atoms with Gasteiger partial charge >= 0.3 is 0 Å². The predicted octanol–water partition coefficient (Wildman–Crippen LogP) is 3.55. The number of thioether (sulfide) groups is 1. The van der Waals surface area contributed by atoms with Crippen LogP contribution in [0.2, 0.25) is 0 Å². The number of nitrogens with zero attached hydrogens (tertiary/aromatic N) is 2. The average Bonchev–Trinajstić information content (AvgIpc) is 3.28. The van der Waals surface area contributed by atoms with E-state index in [1.54, 1.807) is 28.0 Å². The summed E-state index contributed by atoms with van der Waals surface area (Å²) in [6.45, 7) is 0.912. The van der Waals surface area contributed by atoms with Crippen molar-refractivity contribution in [3.63, 3.8) is 0 Å². The third-order valence-corrected chi connectivity index (χ3v) is 6.35. The first-order chi connectivity index (χ1) is 11.7. The summed E-state index contributed by atoms with van der Waals surface area (Å²) >= 11 is 3.21. The van der Waals surface area contributed by atoms with Gasteiger partial charge in [-0.25, -0.2) is 0 Å². The number of benzene rings is 1. The summed E-state index contributed by atoms with van der Waals surface area (Å²) in [6.07, 6.45) is 2.02. The lowest BCUT2D eigenvalue weighted by molar-refractivity contribution is -0.132. The van der Waals surface area contributed by atoms with Crippen LogP contribution in [-0.4, -0.2) is 35.6 Å². The number of para-hydroxylation sites is 1. The Morgan fingerprint density at radius 3 is 2.96 bits per heavy atom. The highest BCUT2D eigenvalue weighted by Gasteiger charge is 2.33. The quantitative estimate of drug-likeness (QED) is 0.842. The van der Waals surface area contributed by atoms with Crippen LogP contribution in [-0.2, 0) is 9.59 Å². The van der Waals surface area contributed by atoms with Crippen molar-refractivity contribution in [2.75, 3.05) is 23.7 Å². The molecule has 2 aromatic rings. The van der Waals surface area contributed by atoms with Crippen LogP contribution in [0.3, 0.4) is 0 Å². The van der Waals surface area contributed by atoms with Crippen molar-refractivity contribution in [2.45, 2.75) is 23.8 Å². The van der Waals surface area contributed by atoms with E-state index in [9.17, 15) is 9.59 Å². The lowest BCUT2D eigenvalue weighted by atomic mass is 10.1. The number of fused-ring (bicyclic) bond motifs is 1. The molecule has 0 aliphatic carbocycles. The maximum absolute atomic E-state index is 12.9. The molecule has 0 bridgehead atoms. The summed E-state index contributed by atoms with van der Waals surface area (Å²) in [5.74, 6) is 0.454. The number of hydrogen-bond donors (Lipinski definition) is 0. The van der Waals surface area contributed by atoms with E-state index in [0.29, 0.717) is 5.75 Å². The molecule has 2 aliphatic heterocycles. The Morgan fingerprint density at radius 1 is 1.25 bits per heavy atom. The van der Waals surface area contributed by atoms with Crippen molar-refractivity contribution in [3.05, 3.63) is 46.7 Å². The minimum atomic E-state index is 0.0123. The van der Waals surface area contributed by atoms with Crippen molar-refractivity contribution in [3.8, 4) is 0 Å². The first kappa shape index (κ1) is 15.7. The molecule has 4 nitrogen and oxygen atoms in total. The second kappa shape index (κ2) is 6.61. The fourth-order valence-corrected chi connectivity index (χ4v) is 5.07. The van der Waals surface area contributed by atoms with Crippen LogP contribution in [0.1, 0.15) is 24.4 Å². The number of rotatable bonds is 3. The maximum atomic E-state index is 12.9. The summed E-state index contributed by atoms with van der Waals surface area (Å²) in [4.78, 5) is 29.9. The molecule has 3 heterocycles. The lowest BCUT2D eigenvalue weighted by Crippen LogP contribution is -2.44. The molecular formula is C18H18N2O2S2. The summed E-state index contributed by atoms with van der Waals surface area (Å²) in [5.41, 5.74) is 2.07. The molecule has 6 heteroatoms. The number of anilines is 1. The molecule has 0 radical (unpaired) electrons. The molecule has 2 aliphatic rings. The smallest absolute Gasteiger partial charge is 0.243 e. The van der Waals surface area contributed by atoms with Gasteiger partial charge in [0.25, 0.3) is 0 Å². The highest BCUT2D eigenvalue weighted by molar-refractivity contribution is 8.00. The molecule has 24 heavy (non-hydrogen) atoms. The van der Waals surface area contributed by atoms with Gasteiger partial charge in [-0.3, -0.25) is 9.59 Å². The van der Waals surface area contributed by atoms with Crippen molar-refractivity contribution >= 4 is 40.6 Å². The number of carbonyl (C=O) groups is 2. The van der Waals surface area contributed by atoms with Gasteiger partial charge in [-0.2, -0.15) is 11.3 Å². The zero-order valence-electron chi connectivity index (χ0n) is 13.2. The van der Waals surface area contributed by atoms with Crippen LogP contribution < -0.4 is 4.90 Å². The van der Waals surface area contributed by atoms with Crippen LogP contribution in [0.5, 0.6) is 0 Å². The average molecular weight is 358 g/mol. The van der Waals surface area contributed by atoms with E-state index < -0.39 is 0 Å². The van der Waals surface area contributed by atoms with E-state index in [1.807, 2.05) is 29.2 Å². The van der Waals surface area contributed by atoms with Crippen molar-refractivity contribution in [1.29, 1.82) is 0 Å². The Morgan fingerprint density at radius 2 is 2.12 bits per heavy atom. The van der Waals surface area contributed by atoms with E-state index in [0.717, 1.165) is 30.0 Å². The molecule has 2 amide bonds. The first-order valence-corrected chi connectivity index (χ1v) is 10.0. The number of amides is 2. The molecule has 1 saturated heterocycles. The zero-order chi connectivity index (χ0) is 16.5. The van der Waals surface area contributed by atoms with Gasteiger partial charge in [0.05, 0.1) is 17.5 Å². The summed E-state index contributed by atoms with van der Waals surface area (Å²) in [5, 5.41) is 4.17. The van der Waals surface area contributed by atoms with E-state index in [2.05, 4.69) is 16.8 Å². The monoisotopic (exact) mass is 358 g/mol. The second-order valence-electron chi connectivity index (χ2n) is 6.04. The fourth-order valence-electron chi connectivity index (χ4n) is 3.43. The number of likely N-dealkylation sites (tertiary alicyclic amines) is 1. The Kier molecular flexibility index (Phi) is 4.33. The van der Waals surface area contributed by atoms with Crippen LogP contribution in [0, 0.1) is 0 Å². The minimum Gasteiger partial charge on any atom is -0.334 e. The molecule has 4 rings (SSSR count). The van der Waals surface area contributed by atoms with Gasteiger partial charge in [0.2, 0.25) is 11.8 Å². The predicted molar refractivity (Wildman–Crippen MR) is 97.5 cm³/mol. The van der Waals surface area contributed by atoms with E-state index >= 15 is 0 Å². The maximum Gasteiger partial charge on any atom is 0.243 e. The molecule has 0 N–H and O–H groups in total. The molecule has 124 valence electrons. The molecule has 1 fully saturated rings. The SMILES string of the molecule is O=C1CSc2ccccc2N1CC(=O)N1CCCC1c1ccsc1. The van der Waals surface area contributed by atoms with Gasteiger partial charge in [-0.1, -0.05) is 12.1 Å². The van der Waals surface area contributed by atoms with Crippen molar-refractivity contribution in [2.24, 2.45) is 0 Å². The second-order valence-corrected chi connectivity index (χ2v) is 7.84. The summed E-state index contributed by atoms with van der Waals surface area (Å²) < 4.78 is 0. The number of hydrogen-bond acceptors (Lipinski definition) is 4. The van der Waals surface area contributed by atoms with Gasteiger partial charge in [0.1, 0.15) is 6.54 Å². The molecule has 0 spiro atoms. The standard InChI is InChI=1S/C18H18N2O2S2/c21-17(19-8-3-5-14(19)13-7-9-23-11-13)10-20-15-4-1-2-6-16(15)24-12-18(20)22/h1-2,4,6-7,9,11,14H,3,5,8,10,12H2. The Balaban J connectivity index is 1.55. The van der Waals surface area contributed by atoms with Crippen LogP contribution in [0.25, 0.3) is 0 Å². The molecule has 1 aromatic heterocycles. The van der Waals surface area contributed by atoms with Crippen molar-refractivity contribution < 1.29 is 9.59 Å². The van der Waals surface area contributed by atoms with Gasteiger partial charge in [0, 0.05) is 11.4 Å². The van der Waals surface area contributed by atoms with Crippen LogP contribution >= 0.6 is 23.1 Å². The minimum absolute atomic E-state index is 0.0123. The fraction of sp³-hybridized carbons (Fsp3) is 0.333. The Bertz CT molecular complexity index is 760. The van der Waals surface area contributed by atoms with Gasteiger partial charge < -0.3 is 9.80 Å². The van der Waals surface area contributed by atoms with Gasteiger partial charge in [-0.05, 0) is 47.4 Å². The Labute approximate surface area is 149 Å². The zero-order valence-corrected chi connectivity index (χ0v) is 14.8. The normalized spacial score (nSPS) is 20.3. The molecular weight excluding hydrogens is 340 g/mol. The number of thiophene rings is 1. The van der Waals surface area contributed by atoms with E-state index in [-0.39, 0.29) is 24.4 Å². The molecule has 0 saturated carbocycles. The highest BCUT2D eigenvalue weighted by atomic mass is 32.2. The molecule has 1 unspecified atom stereocenters. The summed E-state index contributed by atoms with van der Waals surface area (Å²) in [7, 11) is 0. The van der Waals surface area contributed by atoms with Gasteiger partial charge in [-0.15, -0.1) is 11.8 Å². The van der Waals surface area contributed by atoms with Gasteiger partial charge in [0.15, 0.2) is 0 Å². The molecule has 1 atom stereocenters. The highest BCUT2D eigenvalue weighted by Crippen LogP contribution is 2.36. The topological polar surface area (TPSA) is 40.6 Å². The summed E-state index contributed by atoms with van der Waals surface area (Å²) in [6, 6.07) is 10.1. The Hall–Kier alpha value is -1.79. The van der Waals surface area contributed by atoms with Crippen LogP contribution in [0.4, 0.5) is 5.69 Å². The van der Waals surface area contributed by atoms with E-state index in [1.165, 1.54) is 5.56 Å². The number of carbonyl (C=O) groups excluding carboxylic acids is 2. The third kappa shape index (κ3) is 2.84.